The number of piperidine rings is 1. The lowest BCUT2D eigenvalue weighted by atomic mass is 9.99. The summed E-state index contributed by atoms with van der Waals surface area (Å²) in [4.78, 5) is 26.4. The predicted octanol–water partition coefficient (Wildman–Crippen LogP) is 1.68. The van der Waals surface area contributed by atoms with Gasteiger partial charge in [-0.15, -0.1) is 0 Å². The number of carbonyl (C=O) groups excluding carboxylic acids is 2. The van der Waals surface area contributed by atoms with Crippen molar-refractivity contribution in [2.24, 2.45) is 5.92 Å². The van der Waals surface area contributed by atoms with E-state index in [1.54, 1.807) is 23.1 Å². The van der Waals surface area contributed by atoms with Crippen LogP contribution >= 0.6 is 0 Å². The molecule has 0 saturated carbocycles. The normalized spacial score (nSPS) is 24.6. The van der Waals surface area contributed by atoms with E-state index in [0.717, 1.165) is 43.5 Å². The lowest BCUT2D eigenvalue weighted by molar-refractivity contribution is -0.126. The quantitative estimate of drug-likeness (QED) is 0.738. The molecule has 0 aliphatic carbocycles. The maximum Gasteiger partial charge on any atom is 0.243 e. The molecule has 3 aliphatic rings. The Hall–Kier alpha value is -1.97. The number of hydrogen-bond donors (Lipinski definition) is 1. The molecule has 0 aromatic heterocycles. The summed E-state index contributed by atoms with van der Waals surface area (Å²) < 4.78 is 33.6. The summed E-state index contributed by atoms with van der Waals surface area (Å²) in [6, 6.07) is 5.01. The highest BCUT2D eigenvalue weighted by Crippen LogP contribution is 2.31. The molecule has 2 fully saturated rings. The van der Waals surface area contributed by atoms with Gasteiger partial charge in [-0.25, -0.2) is 8.42 Å². The van der Waals surface area contributed by atoms with E-state index in [-0.39, 0.29) is 35.3 Å². The number of benzene rings is 1. The summed E-state index contributed by atoms with van der Waals surface area (Å²) in [6.45, 7) is 4.01. The van der Waals surface area contributed by atoms with Gasteiger partial charge >= 0.3 is 0 Å². The van der Waals surface area contributed by atoms with Crippen molar-refractivity contribution in [3.8, 4) is 0 Å². The fourth-order valence-corrected chi connectivity index (χ4v) is 6.32. The van der Waals surface area contributed by atoms with Crippen LogP contribution in [0.15, 0.2) is 23.1 Å². The van der Waals surface area contributed by atoms with Gasteiger partial charge in [0.15, 0.2) is 0 Å². The standard InChI is InChI=1S/C22H31N3O5S/c1-16(26)25-11-3-5-17-13-20(8-9-21(17)25)31(28,29)24-10-2-6-18(15-24)22(27)23-14-19-7-4-12-30-19/h8-9,13,18-19H,2-7,10-12,14-15H2,1H3,(H,23,27)/t18-,19-/m0/s1. The van der Waals surface area contributed by atoms with Crippen LogP contribution in [-0.4, -0.2) is 63.4 Å². The van der Waals surface area contributed by atoms with Crippen molar-refractivity contribution < 1.29 is 22.7 Å². The van der Waals surface area contributed by atoms with Crippen LogP contribution in [-0.2, 0) is 30.8 Å². The number of carbonyl (C=O) groups is 2. The Morgan fingerprint density at radius 2 is 2.00 bits per heavy atom. The summed E-state index contributed by atoms with van der Waals surface area (Å²) >= 11 is 0. The van der Waals surface area contributed by atoms with Crippen molar-refractivity contribution in [2.75, 3.05) is 37.7 Å². The van der Waals surface area contributed by atoms with E-state index in [1.165, 1.54) is 11.2 Å². The third-order valence-corrected chi connectivity index (χ3v) is 8.33. The maximum atomic E-state index is 13.3. The van der Waals surface area contributed by atoms with E-state index >= 15 is 0 Å². The summed E-state index contributed by atoms with van der Waals surface area (Å²) in [5.41, 5.74) is 1.67. The first kappa shape index (κ1) is 22.2. The number of aryl methyl sites for hydroxylation is 1. The average molecular weight is 450 g/mol. The molecule has 2 atom stereocenters. The fourth-order valence-electron chi connectivity index (χ4n) is 4.75. The van der Waals surface area contributed by atoms with Gasteiger partial charge in [0.05, 0.1) is 16.9 Å². The maximum absolute atomic E-state index is 13.3. The smallest absolute Gasteiger partial charge is 0.243 e. The average Bonchev–Trinajstić information content (AvgIpc) is 3.30. The Balaban J connectivity index is 1.45. The van der Waals surface area contributed by atoms with Crippen LogP contribution in [0.25, 0.3) is 0 Å². The third kappa shape index (κ3) is 4.78. The topological polar surface area (TPSA) is 96.0 Å². The van der Waals surface area contributed by atoms with Crippen LogP contribution in [0.5, 0.6) is 0 Å². The van der Waals surface area contributed by atoms with Crippen molar-refractivity contribution in [1.29, 1.82) is 0 Å². The van der Waals surface area contributed by atoms with Crippen LogP contribution < -0.4 is 10.2 Å². The molecule has 8 nitrogen and oxygen atoms in total. The molecular weight excluding hydrogens is 418 g/mol. The van der Waals surface area contributed by atoms with E-state index in [1.807, 2.05) is 0 Å². The minimum Gasteiger partial charge on any atom is -0.376 e. The summed E-state index contributed by atoms with van der Waals surface area (Å²) in [5.74, 6) is -0.488. The van der Waals surface area contributed by atoms with Gasteiger partial charge in [0.25, 0.3) is 0 Å². The molecule has 2 saturated heterocycles. The zero-order chi connectivity index (χ0) is 22.0. The van der Waals surface area contributed by atoms with Gasteiger partial charge in [-0.3, -0.25) is 9.59 Å². The number of anilines is 1. The van der Waals surface area contributed by atoms with E-state index in [0.29, 0.717) is 32.5 Å². The molecule has 0 spiro atoms. The number of amides is 2. The number of nitrogens with zero attached hydrogens (tertiary/aromatic N) is 2. The number of fused-ring (bicyclic) bond motifs is 1. The second kappa shape index (κ2) is 9.26. The van der Waals surface area contributed by atoms with E-state index < -0.39 is 10.0 Å². The first-order valence-electron chi connectivity index (χ1n) is 11.2. The number of nitrogens with one attached hydrogen (secondary N) is 1. The van der Waals surface area contributed by atoms with Gasteiger partial charge in [0.1, 0.15) is 0 Å². The Labute approximate surface area is 184 Å². The van der Waals surface area contributed by atoms with Crippen LogP contribution in [0.3, 0.4) is 0 Å². The van der Waals surface area contributed by atoms with Gasteiger partial charge in [0.2, 0.25) is 21.8 Å². The number of hydrogen-bond acceptors (Lipinski definition) is 5. The van der Waals surface area contributed by atoms with Crippen LogP contribution in [0, 0.1) is 5.92 Å². The Kier molecular flexibility index (Phi) is 6.64. The molecule has 9 heteroatoms. The molecule has 0 bridgehead atoms. The van der Waals surface area contributed by atoms with Gasteiger partial charge in [-0.05, 0) is 62.3 Å². The van der Waals surface area contributed by atoms with Gasteiger partial charge < -0.3 is 15.0 Å². The molecule has 31 heavy (non-hydrogen) atoms. The molecule has 3 aliphatic heterocycles. The summed E-state index contributed by atoms with van der Waals surface area (Å²) in [6.07, 6.45) is 4.92. The molecule has 1 aromatic carbocycles. The van der Waals surface area contributed by atoms with Crippen molar-refractivity contribution >= 4 is 27.5 Å². The van der Waals surface area contributed by atoms with Crippen LogP contribution in [0.2, 0.25) is 0 Å². The monoisotopic (exact) mass is 449 g/mol. The predicted molar refractivity (Wildman–Crippen MR) is 116 cm³/mol. The number of rotatable bonds is 5. The molecule has 4 rings (SSSR count). The first-order valence-corrected chi connectivity index (χ1v) is 12.6. The Bertz CT molecular complexity index is 942. The molecule has 3 heterocycles. The van der Waals surface area contributed by atoms with Crippen molar-refractivity contribution in [2.45, 2.75) is 56.4 Å². The van der Waals surface area contributed by atoms with Crippen molar-refractivity contribution in [1.82, 2.24) is 9.62 Å². The third-order valence-electron chi connectivity index (χ3n) is 6.47. The molecule has 1 N–H and O–H groups in total. The van der Waals surface area contributed by atoms with Crippen molar-refractivity contribution in [3.63, 3.8) is 0 Å². The number of sulfonamides is 1. The van der Waals surface area contributed by atoms with Gasteiger partial charge in [-0.2, -0.15) is 4.31 Å². The van der Waals surface area contributed by atoms with Gasteiger partial charge in [0, 0.05) is 45.4 Å². The lowest BCUT2D eigenvalue weighted by Gasteiger charge is -2.32. The fraction of sp³-hybridized carbons (Fsp3) is 0.636. The Morgan fingerprint density at radius 3 is 2.74 bits per heavy atom. The Morgan fingerprint density at radius 1 is 1.16 bits per heavy atom. The van der Waals surface area contributed by atoms with Crippen molar-refractivity contribution in [3.05, 3.63) is 23.8 Å². The minimum atomic E-state index is -3.71. The van der Waals surface area contributed by atoms with E-state index in [4.69, 9.17) is 4.74 Å². The molecule has 170 valence electrons. The summed E-state index contributed by atoms with van der Waals surface area (Å²) in [5, 5.41) is 2.94. The number of ether oxygens (including phenoxy) is 1. The second-order valence-electron chi connectivity index (χ2n) is 8.65. The van der Waals surface area contributed by atoms with Gasteiger partial charge in [-0.1, -0.05) is 0 Å². The zero-order valence-corrected chi connectivity index (χ0v) is 18.8. The lowest BCUT2D eigenvalue weighted by Crippen LogP contribution is -2.46. The highest BCUT2D eigenvalue weighted by molar-refractivity contribution is 7.89. The molecule has 0 unspecified atom stereocenters. The highest BCUT2D eigenvalue weighted by atomic mass is 32.2. The van der Waals surface area contributed by atoms with Crippen LogP contribution in [0.1, 0.15) is 44.6 Å². The first-order chi connectivity index (χ1) is 14.9. The second-order valence-corrected chi connectivity index (χ2v) is 10.6. The molecule has 2 amide bonds. The molecule has 0 radical (unpaired) electrons. The SMILES string of the molecule is CC(=O)N1CCCc2cc(S(=O)(=O)N3CCC[C@H](C(=O)NC[C@@H]4CCCO4)C3)ccc21. The molecule has 1 aromatic rings. The summed E-state index contributed by atoms with van der Waals surface area (Å²) in [7, 11) is -3.71. The van der Waals surface area contributed by atoms with E-state index in [2.05, 4.69) is 5.32 Å². The highest BCUT2D eigenvalue weighted by Gasteiger charge is 2.34. The zero-order valence-electron chi connectivity index (χ0n) is 18.0. The minimum absolute atomic E-state index is 0.0376. The van der Waals surface area contributed by atoms with E-state index in [9.17, 15) is 18.0 Å². The largest absolute Gasteiger partial charge is 0.376 e. The van der Waals surface area contributed by atoms with Crippen LogP contribution in [0.4, 0.5) is 5.69 Å². The molecular formula is C22H31N3O5S.